The van der Waals surface area contributed by atoms with E-state index in [0.29, 0.717) is 23.1 Å². The molecule has 2 rings (SSSR count). The molecular formula is C12H13ClN4O. The van der Waals surface area contributed by atoms with Gasteiger partial charge >= 0.3 is 0 Å². The van der Waals surface area contributed by atoms with Gasteiger partial charge in [0.1, 0.15) is 11.5 Å². The Bertz CT molecular complexity index is 562. The van der Waals surface area contributed by atoms with Crippen LogP contribution in [0.4, 0.5) is 5.82 Å². The summed E-state index contributed by atoms with van der Waals surface area (Å²) in [5, 5.41) is 7.45. The molecule has 18 heavy (non-hydrogen) atoms. The number of hydrogen-bond acceptors (Lipinski definition) is 3. The lowest BCUT2D eigenvalue weighted by molar-refractivity contribution is 0.101. The fraction of sp³-hybridized carbons (Fsp3) is 0.250. The van der Waals surface area contributed by atoms with Gasteiger partial charge in [0, 0.05) is 12.7 Å². The number of pyridine rings is 1. The highest BCUT2D eigenvalue weighted by Crippen LogP contribution is 2.11. The zero-order valence-electron chi connectivity index (χ0n) is 10.1. The van der Waals surface area contributed by atoms with Crippen LogP contribution in [0.15, 0.2) is 24.4 Å². The van der Waals surface area contributed by atoms with Gasteiger partial charge in [-0.3, -0.25) is 9.48 Å². The highest BCUT2D eigenvalue weighted by molar-refractivity contribution is 6.30. The molecule has 0 aliphatic carbocycles. The van der Waals surface area contributed by atoms with Gasteiger partial charge in [-0.05, 0) is 32.0 Å². The van der Waals surface area contributed by atoms with Crippen LogP contribution in [0.2, 0.25) is 5.02 Å². The smallest absolute Gasteiger partial charge is 0.275 e. The molecule has 0 saturated heterocycles. The van der Waals surface area contributed by atoms with E-state index in [1.165, 1.54) is 6.20 Å². The fourth-order valence-electron chi connectivity index (χ4n) is 1.60. The van der Waals surface area contributed by atoms with Crippen molar-refractivity contribution in [2.45, 2.75) is 20.4 Å². The number of anilines is 1. The van der Waals surface area contributed by atoms with Crippen molar-refractivity contribution in [2.75, 3.05) is 5.32 Å². The number of carbonyl (C=O) groups is 1. The van der Waals surface area contributed by atoms with Crippen LogP contribution in [-0.2, 0) is 6.54 Å². The molecule has 0 aliphatic heterocycles. The molecule has 94 valence electrons. The average Bonchev–Trinajstić information content (AvgIpc) is 2.73. The third kappa shape index (κ3) is 2.68. The van der Waals surface area contributed by atoms with Crippen LogP contribution in [0, 0.1) is 6.92 Å². The Morgan fingerprint density at radius 1 is 1.50 bits per heavy atom. The van der Waals surface area contributed by atoms with E-state index in [4.69, 9.17) is 11.6 Å². The van der Waals surface area contributed by atoms with Gasteiger partial charge in [-0.2, -0.15) is 5.10 Å². The van der Waals surface area contributed by atoms with Crippen LogP contribution in [0.5, 0.6) is 0 Å². The summed E-state index contributed by atoms with van der Waals surface area (Å²) >= 11 is 5.73. The first-order valence-corrected chi connectivity index (χ1v) is 5.95. The maximum Gasteiger partial charge on any atom is 0.275 e. The Kier molecular flexibility index (Phi) is 3.62. The van der Waals surface area contributed by atoms with E-state index in [0.717, 1.165) is 5.69 Å². The van der Waals surface area contributed by atoms with E-state index in [1.54, 1.807) is 22.9 Å². The molecule has 0 unspecified atom stereocenters. The van der Waals surface area contributed by atoms with Crippen LogP contribution in [-0.4, -0.2) is 20.7 Å². The zero-order chi connectivity index (χ0) is 13.1. The summed E-state index contributed by atoms with van der Waals surface area (Å²) in [6, 6.07) is 5.07. The molecule has 0 aliphatic rings. The monoisotopic (exact) mass is 264 g/mol. The van der Waals surface area contributed by atoms with E-state index >= 15 is 0 Å². The topological polar surface area (TPSA) is 59.8 Å². The van der Waals surface area contributed by atoms with Crippen LogP contribution in [0.1, 0.15) is 23.1 Å². The molecule has 0 bridgehead atoms. The third-order valence-corrected chi connectivity index (χ3v) is 2.63. The van der Waals surface area contributed by atoms with E-state index in [2.05, 4.69) is 15.4 Å². The van der Waals surface area contributed by atoms with Crippen LogP contribution >= 0.6 is 11.6 Å². The fourth-order valence-corrected chi connectivity index (χ4v) is 1.71. The lowest BCUT2D eigenvalue weighted by Crippen LogP contribution is -2.17. The van der Waals surface area contributed by atoms with Crippen molar-refractivity contribution in [3.05, 3.63) is 40.8 Å². The summed E-state index contributed by atoms with van der Waals surface area (Å²) in [5.41, 5.74) is 1.33. The molecule has 5 nitrogen and oxygen atoms in total. The van der Waals surface area contributed by atoms with Crippen molar-refractivity contribution in [1.29, 1.82) is 0 Å². The molecule has 2 heterocycles. The maximum absolute atomic E-state index is 12.0. The van der Waals surface area contributed by atoms with Crippen LogP contribution in [0.3, 0.4) is 0 Å². The lowest BCUT2D eigenvalue weighted by atomic mass is 10.3. The molecule has 0 fully saturated rings. The van der Waals surface area contributed by atoms with Gasteiger partial charge < -0.3 is 5.32 Å². The number of aromatic nitrogens is 3. The summed E-state index contributed by atoms with van der Waals surface area (Å²) in [6.07, 6.45) is 1.49. The van der Waals surface area contributed by atoms with Gasteiger partial charge in [-0.1, -0.05) is 11.6 Å². The number of halogens is 1. The van der Waals surface area contributed by atoms with Crippen molar-refractivity contribution >= 4 is 23.3 Å². The second-order valence-corrected chi connectivity index (χ2v) is 4.24. The van der Waals surface area contributed by atoms with E-state index in [-0.39, 0.29) is 5.91 Å². The third-order valence-electron chi connectivity index (χ3n) is 2.40. The summed E-state index contributed by atoms with van der Waals surface area (Å²) in [5.74, 6) is 0.234. The van der Waals surface area contributed by atoms with Crippen molar-refractivity contribution < 1.29 is 4.79 Å². The van der Waals surface area contributed by atoms with E-state index < -0.39 is 0 Å². The van der Waals surface area contributed by atoms with E-state index in [9.17, 15) is 4.79 Å². The number of amides is 1. The molecule has 0 atom stereocenters. The SMILES string of the molecule is CCn1nc(C)cc1C(=O)Nc1ccc(Cl)cn1. The first-order valence-electron chi connectivity index (χ1n) is 5.57. The molecule has 1 N–H and O–H groups in total. The van der Waals surface area contributed by atoms with Gasteiger partial charge in [0.25, 0.3) is 5.91 Å². The minimum atomic E-state index is -0.229. The second-order valence-electron chi connectivity index (χ2n) is 3.80. The van der Waals surface area contributed by atoms with Gasteiger partial charge in [0.05, 0.1) is 10.7 Å². The van der Waals surface area contributed by atoms with Crippen molar-refractivity contribution in [3.8, 4) is 0 Å². The quantitative estimate of drug-likeness (QED) is 0.927. The summed E-state index contributed by atoms with van der Waals surface area (Å²) in [7, 11) is 0. The van der Waals surface area contributed by atoms with Crippen molar-refractivity contribution in [3.63, 3.8) is 0 Å². The summed E-state index contributed by atoms with van der Waals surface area (Å²) in [6.45, 7) is 4.43. The van der Waals surface area contributed by atoms with E-state index in [1.807, 2.05) is 13.8 Å². The summed E-state index contributed by atoms with van der Waals surface area (Å²) in [4.78, 5) is 16.1. The Morgan fingerprint density at radius 2 is 2.28 bits per heavy atom. The van der Waals surface area contributed by atoms with Gasteiger partial charge in [0.2, 0.25) is 0 Å². The number of nitrogens with one attached hydrogen (secondary N) is 1. The Labute approximate surface area is 110 Å². The minimum Gasteiger partial charge on any atom is -0.305 e. The molecule has 0 spiro atoms. The number of nitrogens with zero attached hydrogens (tertiary/aromatic N) is 3. The molecule has 2 aromatic rings. The second kappa shape index (κ2) is 5.18. The molecule has 6 heteroatoms. The average molecular weight is 265 g/mol. The van der Waals surface area contributed by atoms with Gasteiger partial charge in [-0.15, -0.1) is 0 Å². The molecule has 1 amide bonds. The van der Waals surface area contributed by atoms with Crippen LogP contribution in [0.25, 0.3) is 0 Å². The zero-order valence-corrected chi connectivity index (χ0v) is 10.9. The number of rotatable bonds is 3. The Balaban J connectivity index is 2.19. The normalized spacial score (nSPS) is 10.4. The van der Waals surface area contributed by atoms with Crippen molar-refractivity contribution in [2.24, 2.45) is 0 Å². The van der Waals surface area contributed by atoms with Gasteiger partial charge in [-0.25, -0.2) is 4.98 Å². The lowest BCUT2D eigenvalue weighted by Gasteiger charge is -2.05. The first kappa shape index (κ1) is 12.6. The van der Waals surface area contributed by atoms with Crippen molar-refractivity contribution in [1.82, 2.24) is 14.8 Å². The predicted octanol–water partition coefficient (Wildman–Crippen LogP) is 2.51. The number of carbonyl (C=O) groups excluding carboxylic acids is 1. The molecule has 0 aromatic carbocycles. The summed E-state index contributed by atoms with van der Waals surface area (Å²) < 4.78 is 1.65. The van der Waals surface area contributed by atoms with Gasteiger partial charge in [0.15, 0.2) is 0 Å². The molecular weight excluding hydrogens is 252 g/mol. The Hall–Kier alpha value is -1.88. The maximum atomic E-state index is 12.0. The largest absolute Gasteiger partial charge is 0.305 e. The van der Waals surface area contributed by atoms with Crippen LogP contribution < -0.4 is 5.32 Å². The minimum absolute atomic E-state index is 0.229. The number of hydrogen-bond donors (Lipinski definition) is 1. The predicted molar refractivity (Wildman–Crippen MR) is 69.8 cm³/mol. The Morgan fingerprint density at radius 3 is 2.89 bits per heavy atom. The highest BCUT2D eigenvalue weighted by Gasteiger charge is 2.13. The molecule has 0 saturated carbocycles. The highest BCUT2D eigenvalue weighted by atomic mass is 35.5. The number of aryl methyl sites for hydroxylation is 2. The molecule has 2 aromatic heterocycles. The molecule has 0 radical (unpaired) electrons. The standard InChI is InChI=1S/C12H13ClN4O/c1-3-17-10(6-8(2)16-17)12(18)15-11-5-4-9(13)7-14-11/h4-7H,3H2,1-2H3,(H,14,15,18). The first-order chi connectivity index (χ1) is 8.60.